The standard InChI is InChI=1S/C12H12ClNO5/c13-7-1-3-8(4-2-7)19-9-5-10(11(15)16)14(6-9)12(17)18/h1-4,9-10H,5-6H2,(H,15,16)(H,17,18)/t9-,10-/m0/s1. The fourth-order valence-electron chi connectivity index (χ4n) is 2.03. The lowest BCUT2D eigenvalue weighted by molar-refractivity contribution is -0.141. The molecule has 1 aromatic carbocycles. The van der Waals surface area contributed by atoms with E-state index in [9.17, 15) is 9.59 Å². The number of benzene rings is 1. The molecule has 2 N–H and O–H groups in total. The van der Waals surface area contributed by atoms with E-state index >= 15 is 0 Å². The number of hydrogen-bond acceptors (Lipinski definition) is 3. The number of aliphatic carboxylic acids is 1. The van der Waals surface area contributed by atoms with Gasteiger partial charge in [0.1, 0.15) is 17.9 Å². The van der Waals surface area contributed by atoms with Gasteiger partial charge in [0.25, 0.3) is 0 Å². The highest BCUT2D eigenvalue weighted by atomic mass is 35.5. The smallest absolute Gasteiger partial charge is 0.408 e. The molecule has 1 aliphatic rings. The monoisotopic (exact) mass is 285 g/mol. The molecule has 1 aromatic rings. The average molecular weight is 286 g/mol. The molecular formula is C12H12ClNO5. The number of amides is 1. The molecule has 0 spiro atoms. The van der Waals surface area contributed by atoms with Crippen molar-refractivity contribution in [1.29, 1.82) is 0 Å². The second-order valence-corrected chi connectivity index (χ2v) is 4.65. The maximum atomic E-state index is 11.0. The predicted molar refractivity (Wildman–Crippen MR) is 66.6 cm³/mol. The first kappa shape index (κ1) is 13.5. The lowest BCUT2D eigenvalue weighted by atomic mass is 10.2. The lowest BCUT2D eigenvalue weighted by Gasteiger charge is -2.16. The molecule has 0 aliphatic carbocycles. The van der Waals surface area contributed by atoms with E-state index in [0.29, 0.717) is 10.8 Å². The van der Waals surface area contributed by atoms with E-state index in [1.807, 2.05) is 0 Å². The minimum absolute atomic E-state index is 0.0366. The van der Waals surface area contributed by atoms with E-state index in [0.717, 1.165) is 4.90 Å². The van der Waals surface area contributed by atoms with Gasteiger partial charge in [-0.2, -0.15) is 0 Å². The summed E-state index contributed by atoms with van der Waals surface area (Å²) in [5.74, 6) is -0.629. The van der Waals surface area contributed by atoms with Crippen molar-refractivity contribution >= 4 is 23.7 Å². The third-order valence-electron chi connectivity index (χ3n) is 2.91. The SMILES string of the molecule is O=C(O)[C@@H]1C[C@H](Oc2ccc(Cl)cc2)CN1C(=O)O. The van der Waals surface area contributed by atoms with Crippen molar-refractivity contribution in [2.75, 3.05) is 6.54 Å². The lowest BCUT2D eigenvalue weighted by Crippen LogP contribution is -2.39. The highest BCUT2D eigenvalue weighted by Gasteiger charge is 2.40. The van der Waals surface area contributed by atoms with Gasteiger partial charge in [-0.1, -0.05) is 11.6 Å². The van der Waals surface area contributed by atoms with Crippen LogP contribution < -0.4 is 4.74 Å². The number of likely N-dealkylation sites (tertiary alicyclic amines) is 1. The quantitative estimate of drug-likeness (QED) is 0.886. The first-order valence-corrected chi connectivity index (χ1v) is 6.00. The van der Waals surface area contributed by atoms with Crippen LogP contribution in [0.1, 0.15) is 6.42 Å². The Morgan fingerprint density at radius 1 is 1.26 bits per heavy atom. The van der Waals surface area contributed by atoms with E-state index in [2.05, 4.69) is 0 Å². The molecule has 0 bridgehead atoms. The summed E-state index contributed by atoms with van der Waals surface area (Å²) in [5.41, 5.74) is 0. The number of carbonyl (C=O) groups is 2. The van der Waals surface area contributed by atoms with Crippen LogP contribution >= 0.6 is 11.6 Å². The number of hydrogen-bond donors (Lipinski definition) is 2. The minimum Gasteiger partial charge on any atom is -0.488 e. The van der Waals surface area contributed by atoms with Gasteiger partial charge < -0.3 is 14.9 Å². The van der Waals surface area contributed by atoms with Crippen LogP contribution in [-0.4, -0.2) is 45.9 Å². The van der Waals surface area contributed by atoms with Gasteiger partial charge >= 0.3 is 12.1 Å². The Morgan fingerprint density at radius 2 is 1.89 bits per heavy atom. The third kappa shape index (κ3) is 3.08. The zero-order valence-electron chi connectivity index (χ0n) is 9.82. The van der Waals surface area contributed by atoms with Gasteiger partial charge in [-0.3, -0.25) is 4.90 Å². The summed E-state index contributed by atoms with van der Waals surface area (Å²) in [4.78, 5) is 22.8. The van der Waals surface area contributed by atoms with Crippen LogP contribution in [0.15, 0.2) is 24.3 Å². The summed E-state index contributed by atoms with van der Waals surface area (Å²) in [7, 11) is 0. The Bertz CT molecular complexity index is 467. The van der Waals surface area contributed by atoms with E-state index < -0.39 is 24.2 Å². The fraction of sp³-hybridized carbons (Fsp3) is 0.333. The number of rotatable bonds is 3. The first-order valence-electron chi connectivity index (χ1n) is 5.62. The molecule has 7 heteroatoms. The molecule has 19 heavy (non-hydrogen) atoms. The molecule has 6 nitrogen and oxygen atoms in total. The van der Waals surface area contributed by atoms with E-state index in [1.54, 1.807) is 24.3 Å². The average Bonchev–Trinajstić information content (AvgIpc) is 2.76. The van der Waals surface area contributed by atoms with E-state index in [-0.39, 0.29) is 13.0 Å². The number of carboxylic acid groups (broad SMARTS) is 2. The highest BCUT2D eigenvalue weighted by Crippen LogP contribution is 2.24. The van der Waals surface area contributed by atoms with Gasteiger partial charge in [0.2, 0.25) is 0 Å². The summed E-state index contributed by atoms with van der Waals surface area (Å²) < 4.78 is 5.56. The number of nitrogens with zero attached hydrogens (tertiary/aromatic N) is 1. The molecule has 0 aromatic heterocycles. The molecule has 2 atom stereocenters. The van der Waals surface area contributed by atoms with Crippen molar-refractivity contribution in [1.82, 2.24) is 4.90 Å². The molecule has 1 heterocycles. The number of carboxylic acids is 1. The first-order chi connectivity index (χ1) is 8.97. The van der Waals surface area contributed by atoms with Gasteiger partial charge in [-0.25, -0.2) is 9.59 Å². The van der Waals surface area contributed by atoms with Crippen molar-refractivity contribution < 1.29 is 24.5 Å². The normalized spacial score (nSPS) is 22.3. The highest BCUT2D eigenvalue weighted by molar-refractivity contribution is 6.30. The Kier molecular flexibility index (Phi) is 3.80. The zero-order chi connectivity index (χ0) is 14.0. The van der Waals surface area contributed by atoms with Crippen molar-refractivity contribution in [3.8, 4) is 5.75 Å². The second kappa shape index (κ2) is 5.36. The van der Waals surface area contributed by atoms with Crippen LogP contribution in [0.5, 0.6) is 5.75 Å². The molecule has 102 valence electrons. The maximum Gasteiger partial charge on any atom is 0.408 e. The number of ether oxygens (including phenoxy) is 1. The second-order valence-electron chi connectivity index (χ2n) is 4.22. The van der Waals surface area contributed by atoms with Crippen LogP contribution in [0.4, 0.5) is 4.79 Å². The van der Waals surface area contributed by atoms with Crippen molar-refractivity contribution in [3.05, 3.63) is 29.3 Å². The van der Waals surface area contributed by atoms with Gasteiger partial charge in [0.05, 0.1) is 6.54 Å². The van der Waals surface area contributed by atoms with Crippen molar-refractivity contribution in [2.45, 2.75) is 18.6 Å². The molecule has 0 saturated carbocycles. The van der Waals surface area contributed by atoms with Gasteiger partial charge in [-0.05, 0) is 24.3 Å². The Labute approximate surface area is 114 Å². The van der Waals surface area contributed by atoms with Crippen LogP contribution in [0, 0.1) is 0 Å². The Hall–Kier alpha value is -1.95. The minimum atomic E-state index is -1.25. The topological polar surface area (TPSA) is 87.1 Å². The third-order valence-corrected chi connectivity index (χ3v) is 3.16. The Balaban J connectivity index is 2.05. The number of halogens is 1. The molecule has 0 unspecified atom stereocenters. The summed E-state index contributed by atoms with van der Waals surface area (Å²) in [6.07, 6.45) is -1.60. The molecule has 2 rings (SSSR count). The maximum absolute atomic E-state index is 11.0. The summed E-state index contributed by atoms with van der Waals surface area (Å²) in [6.45, 7) is 0.0366. The molecule has 1 aliphatic heterocycles. The molecule has 1 amide bonds. The summed E-state index contributed by atoms with van der Waals surface area (Å²) in [5, 5.41) is 18.5. The van der Waals surface area contributed by atoms with Gasteiger partial charge in [0.15, 0.2) is 0 Å². The van der Waals surface area contributed by atoms with E-state index in [4.69, 9.17) is 26.6 Å². The zero-order valence-corrected chi connectivity index (χ0v) is 10.6. The predicted octanol–water partition coefficient (Wildman–Crippen LogP) is 1.92. The molecule has 1 saturated heterocycles. The summed E-state index contributed by atoms with van der Waals surface area (Å²) >= 11 is 5.74. The van der Waals surface area contributed by atoms with Crippen molar-refractivity contribution in [3.63, 3.8) is 0 Å². The van der Waals surface area contributed by atoms with Gasteiger partial charge in [-0.15, -0.1) is 0 Å². The van der Waals surface area contributed by atoms with Crippen molar-refractivity contribution in [2.24, 2.45) is 0 Å². The van der Waals surface area contributed by atoms with Crippen LogP contribution in [-0.2, 0) is 4.79 Å². The fourth-order valence-corrected chi connectivity index (χ4v) is 2.16. The van der Waals surface area contributed by atoms with Crippen LogP contribution in [0.25, 0.3) is 0 Å². The Morgan fingerprint density at radius 3 is 2.37 bits per heavy atom. The van der Waals surface area contributed by atoms with Crippen LogP contribution in [0.2, 0.25) is 5.02 Å². The van der Waals surface area contributed by atoms with Crippen LogP contribution in [0.3, 0.4) is 0 Å². The largest absolute Gasteiger partial charge is 0.488 e. The van der Waals surface area contributed by atoms with Gasteiger partial charge in [0, 0.05) is 11.4 Å². The van der Waals surface area contributed by atoms with E-state index in [1.165, 1.54) is 0 Å². The molecular weight excluding hydrogens is 274 g/mol. The molecule has 0 radical (unpaired) electrons. The molecule has 1 fully saturated rings. The summed E-state index contributed by atoms with van der Waals surface area (Å²) in [6, 6.07) is 5.54.